The molecule has 1 nitrogen and oxygen atoms in total. The van der Waals surface area contributed by atoms with Gasteiger partial charge in [0, 0.05) is 17.3 Å². The molecule has 0 aliphatic rings. The van der Waals surface area contributed by atoms with Crippen LogP contribution in [0.5, 0.6) is 0 Å². The van der Waals surface area contributed by atoms with Gasteiger partial charge in [0.25, 0.3) is 0 Å². The smallest absolute Gasteiger partial charge is 0.0457 e. The van der Waals surface area contributed by atoms with Crippen molar-refractivity contribution in [1.82, 2.24) is 4.98 Å². The number of aromatic nitrogens is 1. The van der Waals surface area contributed by atoms with Gasteiger partial charge in [-0.3, -0.25) is 4.98 Å². The zero-order chi connectivity index (χ0) is 9.90. The Balaban J connectivity index is 2.81. The maximum atomic E-state index is 4.47. The van der Waals surface area contributed by atoms with Crippen molar-refractivity contribution in [1.29, 1.82) is 0 Å². The van der Waals surface area contributed by atoms with Gasteiger partial charge >= 0.3 is 0 Å². The molecule has 0 atom stereocenters. The molecule has 0 N–H and O–H groups in total. The summed E-state index contributed by atoms with van der Waals surface area (Å²) in [4.78, 5) is 4.47. The molecule has 0 bridgehead atoms. The molecule has 0 aliphatic carbocycles. The van der Waals surface area contributed by atoms with E-state index in [1.807, 2.05) is 6.20 Å². The van der Waals surface area contributed by atoms with E-state index in [0.29, 0.717) is 0 Å². The van der Waals surface area contributed by atoms with Crippen LogP contribution in [0.4, 0.5) is 0 Å². The summed E-state index contributed by atoms with van der Waals surface area (Å²) in [6.45, 7) is 8.76. The van der Waals surface area contributed by atoms with Gasteiger partial charge in [-0.2, -0.15) is 0 Å². The van der Waals surface area contributed by atoms with Gasteiger partial charge in [0.15, 0.2) is 0 Å². The molecule has 0 saturated heterocycles. The third-order valence-electron chi connectivity index (χ3n) is 2.13. The third kappa shape index (κ3) is 2.83. The summed E-state index contributed by atoms with van der Waals surface area (Å²) in [6, 6.07) is 4.34. The quantitative estimate of drug-likeness (QED) is 0.675. The number of hydrogen-bond acceptors (Lipinski definition) is 1. The lowest BCUT2D eigenvalue weighted by Gasteiger charge is -2.17. The Morgan fingerprint density at radius 1 is 1.23 bits per heavy atom. The van der Waals surface area contributed by atoms with Crippen molar-refractivity contribution in [3.63, 3.8) is 0 Å². The lowest BCUT2D eigenvalue weighted by Crippen LogP contribution is -2.13. The highest BCUT2D eigenvalue weighted by Crippen LogP contribution is 2.19. The molecule has 0 unspecified atom stereocenters. The normalized spacial score (nSPS) is 11.7. The second-order valence-corrected chi connectivity index (χ2v) is 4.55. The minimum Gasteiger partial charge on any atom is -0.260 e. The molecule has 1 heteroatoms. The monoisotopic (exact) mass is 177 g/mol. The van der Waals surface area contributed by atoms with Crippen molar-refractivity contribution in [2.45, 2.75) is 46.0 Å². The zero-order valence-electron chi connectivity index (χ0n) is 9.09. The fourth-order valence-electron chi connectivity index (χ4n) is 1.30. The molecule has 0 aromatic carbocycles. The average molecular weight is 177 g/mol. The van der Waals surface area contributed by atoms with Crippen LogP contribution in [0.25, 0.3) is 0 Å². The summed E-state index contributed by atoms with van der Waals surface area (Å²) < 4.78 is 0. The van der Waals surface area contributed by atoms with E-state index in [4.69, 9.17) is 0 Å². The Morgan fingerprint density at radius 3 is 2.31 bits per heavy atom. The van der Waals surface area contributed by atoms with Gasteiger partial charge in [-0.05, 0) is 18.1 Å². The van der Waals surface area contributed by atoms with Crippen LogP contribution in [0.15, 0.2) is 18.3 Å². The first-order valence-corrected chi connectivity index (χ1v) is 4.99. The first-order chi connectivity index (χ1) is 6.04. The number of nitrogens with zero attached hydrogens (tertiary/aromatic N) is 1. The molecule has 0 amide bonds. The number of hydrogen-bond donors (Lipinski definition) is 0. The van der Waals surface area contributed by atoms with Gasteiger partial charge < -0.3 is 0 Å². The first-order valence-electron chi connectivity index (χ1n) is 4.99. The van der Waals surface area contributed by atoms with E-state index >= 15 is 0 Å². The van der Waals surface area contributed by atoms with Gasteiger partial charge in [0.05, 0.1) is 0 Å². The van der Waals surface area contributed by atoms with E-state index in [2.05, 4.69) is 44.8 Å². The minimum atomic E-state index is 0.171. The molecule has 0 spiro atoms. The zero-order valence-corrected chi connectivity index (χ0v) is 9.09. The van der Waals surface area contributed by atoms with E-state index in [9.17, 15) is 0 Å². The summed E-state index contributed by atoms with van der Waals surface area (Å²) in [5.41, 5.74) is 2.69. The van der Waals surface area contributed by atoms with Gasteiger partial charge in [0.1, 0.15) is 0 Å². The highest BCUT2D eigenvalue weighted by molar-refractivity contribution is 5.18. The van der Waals surface area contributed by atoms with Crippen LogP contribution in [0, 0.1) is 0 Å². The molecule has 13 heavy (non-hydrogen) atoms. The van der Waals surface area contributed by atoms with Crippen LogP contribution in [0.3, 0.4) is 0 Å². The predicted molar refractivity (Wildman–Crippen MR) is 56.9 cm³/mol. The van der Waals surface area contributed by atoms with Gasteiger partial charge in [-0.15, -0.1) is 0 Å². The van der Waals surface area contributed by atoms with Crippen molar-refractivity contribution in [3.05, 3.63) is 29.6 Å². The van der Waals surface area contributed by atoms with Crippen LogP contribution in [0.1, 0.15) is 45.4 Å². The minimum absolute atomic E-state index is 0.171. The summed E-state index contributed by atoms with van der Waals surface area (Å²) in [6.07, 6.45) is 4.33. The molecular weight excluding hydrogens is 158 g/mol. The highest BCUT2D eigenvalue weighted by atomic mass is 14.7. The largest absolute Gasteiger partial charge is 0.260 e. The molecule has 0 fully saturated rings. The molecule has 1 rings (SSSR count). The fourth-order valence-corrected chi connectivity index (χ4v) is 1.30. The molecule has 1 heterocycles. The molecule has 72 valence electrons. The Bertz CT molecular complexity index is 253. The molecule has 0 aliphatic heterocycles. The first kappa shape index (κ1) is 10.2. The Hall–Kier alpha value is -0.850. The van der Waals surface area contributed by atoms with Gasteiger partial charge in [-0.25, -0.2) is 0 Å². The molecule has 1 aromatic rings. The molecule has 0 saturated carbocycles. The topological polar surface area (TPSA) is 12.9 Å². The van der Waals surface area contributed by atoms with E-state index in [-0.39, 0.29) is 5.41 Å². The standard InChI is InChI=1S/C12H19N/c1-5-6-10-7-8-11(13-9-10)12(2,3)4/h7-9H,5-6H2,1-4H3. The maximum Gasteiger partial charge on any atom is 0.0457 e. The van der Waals surface area contributed by atoms with Crippen LogP contribution in [-0.4, -0.2) is 4.98 Å². The van der Waals surface area contributed by atoms with E-state index < -0.39 is 0 Å². The van der Waals surface area contributed by atoms with E-state index in [0.717, 1.165) is 6.42 Å². The van der Waals surface area contributed by atoms with Gasteiger partial charge in [-0.1, -0.05) is 40.2 Å². The highest BCUT2D eigenvalue weighted by Gasteiger charge is 2.14. The summed E-state index contributed by atoms with van der Waals surface area (Å²) in [5.74, 6) is 0. The summed E-state index contributed by atoms with van der Waals surface area (Å²) in [5, 5.41) is 0. The van der Waals surface area contributed by atoms with Crippen molar-refractivity contribution >= 4 is 0 Å². The van der Waals surface area contributed by atoms with Crippen LogP contribution < -0.4 is 0 Å². The van der Waals surface area contributed by atoms with Crippen molar-refractivity contribution in [2.24, 2.45) is 0 Å². The van der Waals surface area contributed by atoms with Crippen LogP contribution >= 0.6 is 0 Å². The SMILES string of the molecule is CCCc1ccc(C(C)(C)C)nc1. The predicted octanol–water partition coefficient (Wildman–Crippen LogP) is 3.33. The van der Waals surface area contributed by atoms with Gasteiger partial charge in [0.2, 0.25) is 0 Å². The maximum absolute atomic E-state index is 4.47. The number of pyridine rings is 1. The molecule has 0 radical (unpaired) electrons. The Morgan fingerprint density at radius 2 is 1.92 bits per heavy atom. The van der Waals surface area contributed by atoms with Crippen molar-refractivity contribution < 1.29 is 0 Å². The number of aryl methyl sites for hydroxylation is 1. The third-order valence-corrected chi connectivity index (χ3v) is 2.13. The average Bonchev–Trinajstić information content (AvgIpc) is 2.04. The molecular formula is C12H19N. The second kappa shape index (κ2) is 3.91. The number of rotatable bonds is 2. The Kier molecular flexibility index (Phi) is 3.07. The van der Waals surface area contributed by atoms with Crippen LogP contribution in [-0.2, 0) is 11.8 Å². The van der Waals surface area contributed by atoms with Crippen molar-refractivity contribution in [3.8, 4) is 0 Å². The van der Waals surface area contributed by atoms with Crippen molar-refractivity contribution in [2.75, 3.05) is 0 Å². The lowest BCUT2D eigenvalue weighted by molar-refractivity contribution is 0.568. The Labute approximate surface area is 81.2 Å². The molecule has 1 aromatic heterocycles. The van der Waals surface area contributed by atoms with E-state index in [1.165, 1.54) is 17.7 Å². The lowest BCUT2D eigenvalue weighted by atomic mass is 9.91. The van der Waals surface area contributed by atoms with Crippen LogP contribution in [0.2, 0.25) is 0 Å². The summed E-state index contributed by atoms with van der Waals surface area (Å²) in [7, 11) is 0. The van der Waals surface area contributed by atoms with E-state index in [1.54, 1.807) is 0 Å². The summed E-state index contributed by atoms with van der Waals surface area (Å²) >= 11 is 0. The fraction of sp³-hybridized carbons (Fsp3) is 0.583. The second-order valence-electron chi connectivity index (χ2n) is 4.55.